The number of esters is 2. The maximum absolute atomic E-state index is 12.5. The Morgan fingerprint density at radius 3 is 1.92 bits per heavy atom. The number of carbonyl (C=O) groups excluding carboxylic acids is 4. The summed E-state index contributed by atoms with van der Waals surface area (Å²) in [4.78, 5) is 50.7. The molecule has 1 aromatic rings. The smallest absolute Gasteiger partial charge is 0.325 e. The first-order valence-corrected chi connectivity index (χ1v) is 7.80. The number of imide groups is 1. The quantitative estimate of drug-likeness (QED) is 0.457. The topological polar surface area (TPSA) is 90.0 Å². The third-order valence-corrected chi connectivity index (χ3v) is 4.34. The molecule has 1 atom stereocenters. The lowest BCUT2D eigenvalue weighted by atomic mass is 10.1. The van der Waals surface area contributed by atoms with Crippen LogP contribution in [0.3, 0.4) is 0 Å². The van der Waals surface area contributed by atoms with Gasteiger partial charge in [0.1, 0.15) is 0 Å². The van der Waals surface area contributed by atoms with Crippen molar-refractivity contribution in [1.29, 1.82) is 0 Å². The van der Waals surface area contributed by atoms with Crippen molar-refractivity contribution >= 4 is 23.8 Å². The lowest BCUT2D eigenvalue weighted by Crippen LogP contribution is -2.42. The molecule has 7 heteroatoms. The van der Waals surface area contributed by atoms with Crippen LogP contribution >= 0.6 is 0 Å². The third-order valence-electron chi connectivity index (χ3n) is 4.34. The minimum atomic E-state index is -1.61. The van der Waals surface area contributed by atoms with Gasteiger partial charge in [0.25, 0.3) is 11.8 Å². The predicted octanol–water partition coefficient (Wildman–Crippen LogP) is 1.17. The van der Waals surface area contributed by atoms with Crippen molar-refractivity contribution in [2.75, 3.05) is 13.2 Å². The van der Waals surface area contributed by atoms with E-state index in [1.165, 1.54) is 0 Å². The highest BCUT2D eigenvalue weighted by Gasteiger charge is 2.73. The molecule has 24 heavy (non-hydrogen) atoms. The van der Waals surface area contributed by atoms with Gasteiger partial charge in [-0.15, -0.1) is 0 Å². The largest absolute Gasteiger partial charge is 0.465 e. The van der Waals surface area contributed by atoms with Gasteiger partial charge in [0.05, 0.1) is 30.4 Å². The number of amides is 2. The van der Waals surface area contributed by atoms with Crippen LogP contribution in [0.25, 0.3) is 0 Å². The predicted molar refractivity (Wildman–Crippen MR) is 81.0 cm³/mol. The molecule has 1 aromatic carbocycles. The van der Waals surface area contributed by atoms with Gasteiger partial charge >= 0.3 is 11.9 Å². The second kappa shape index (κ2) is 5.74. The summed E-state index contributed by atoms with van der Waals surface area (Å²) in [6.07, 6.45) is 0.0239. The third kappa shape index (κ3) is 2.11. The van der Waals surface area contributed by atoms with E-state index in [1.807, 2.05) is 0 Å². The van der Waals surface area contributed by atoms with Crippen LogP contribution < -0.4 is 0 Å². The van der Waals surface area contributed by atoms with Gasteiger partial charge in [-0.1, -0.05) is 12.1 Å². The Morgan fingerprint density at radius 1 is 1.04 bits per heavy atom. The van der Waals surface area contributed by atoms with E-state index in [0.29, 0.717) is 0 Å². The molecule has 0 bridgehead atoms. The molecule has 0 spiro atoms. The molecule has 1 heterocycles. The fourth-order valence-corrected chi connectivity index (χ4v) is 3.09. The first-order chi connectivity index (χ1) is 11.5. The molecule has 0 N–H and O–H groups in total. The van der Waals surface area contributed by atoms with Crippen LogP contribution in [0.4, 0.5) is 0 Å². The molecule has 1 saturated carbocycles. The van der Waals surface area contributed by atoms with Gasteiger partial charge in [-0.3, -0.25) is 24.1 Å². The minimum Gasteiger partial charge on any atom is -0.465 e. The molecule has 1 aliphatic carbocycles. The van der Waals surface area contributed by atoms with Gasteiger partial charge in [0.15, 0.2) is 5.41 Å². The molecule has 0 radical (unpaired) electrons. The Kier molecular flexibility index (Phi) is 3.87. The molecule has 0 saturated heterocycles. The van der Waals surface area contributed by atoms with Crippen molar-refractivity contribution in [3.8, 4) is 0 Å². The van der Waals surface area contributed by atoms with E-state index in [9.17, 15) is 19.2 Å². The number of carbonyl (C=O) groups is 4. The van der Waals surface area contributed by atoms with E-state index in [-0.39, 0.29) is 30.8 Å². The number of hydrogen-bond acceptors (Lipinski definition) is 6. The lowest BCUT2D eigenvalue weighted by molar-refractivity contribution is -0.164. The molecule has 0 unspecified atom stereocenters. The van der Waals surface area contributed by atoms with Gasteiger partial charge in [0, 0.05) is 0 Å². The van der Waals surface area contributed by atoms with Crippen molar-refractivity contribution in [3.05, 3.63) is 35.4 Å². The van der Waals surface area contributed by atoms with Crippen molar-refractivity contribution in [2.45, 2.75) is 26.3 Å². The van der Waals surface area contributed by atoms with Crippen LogP contribution in [0.1, 0.15) is 41.0 Å². The summed E-state index contributed by atoms with van der Waals surface area (Å²) in [5, 5.41) is 0. The van der Waals surface area contributed by atoms with Crippen LogP contribution in [0.2, 0.25) is 0 Å². The Labute approximate surface area is 138 Å². The van der Waals surface area contributed by atoms with Gasteiger partial charge in [0.2, 0.25) is 0 Å². The zero-order valence-corrected chi connectivity index (χ0v) is 13.4. The average molecular weight is 331 g/mol. The van der Waals surface area contributed by atoms with Gasteiger partial charge in [-0.05, 0) is 32.4 Å². The number of benzene rings is 1. The lowest BCUT2D eigenvalue weighted by Gasteiger charge is -2.19. The van der Waals surface area contributed by atoms with Crippen molar-refractivity contribution < 1.29 is 28.7 Å². The highest BCUT2D eigenvalue weighted by molar-refractivity contribution is 6.23. The van der Waals surface area contributed by atoms with E-state index in [0.717, 1.165) is 4.90 Å². The van der Waals surface area contributed by atoms with Gasteiger partial charge in [-0.2, -0.15) is 0 Å². The van der Waals surface area contributed by atoms with Crippen LogP contribution in [0, 0.1) is 5.41 Å². The number of hydrogen-bond donors (Lipinski definition) is 0. The second-order valence-electron chi connectivity index (χ2n) is 5.66. The maximum Gasteiger partial charge on any atom is 0.325 e. The Balaban J connectivity index is 1.93. The highest BCUT2D eigenvalue weighted by atomic mass is 16.6. The summed E-state index contributed by atoms with van der Waals surface area (Å²) >= 11 is 0. The minimum absolute atomic E-state index is 0.0239. The summed E-state index contributed by atoms with van der Waals surface area (Å²) in [6.45, 7) is 3.43. The first-order valence-electron chi connectivity index (χ1n) is 7.80. The molecular weight excluding hydrogens is 314 g/mol. The second-order valence-corrected chi connectivity index (χ2v) is 5.66. The Hall–Kier alpha value is -2.70. The van der Waals surface area contributed by atoms with Crippen molar-refractivity contribution in [2.24, 2.45) is 5.41 Å². The summed E-state index contributed by atoms with van der Waals surface area (Å²) in [7, 11) is 0. The molecule has 1 aliphatic heterocycles. The summed E-state index contributed by atoms with van der Waals surface area (Å²) in [5.74, 6) is -2.53. The number of nitrogens with zero attached hydrogens (tertiary/aromatic N) is 1. The van der Waals surface area contributed by atoms with Crippen molar-refractivity contribution in [1.82, 2.24) is 4.90 Å². The SMILES string of the molecule is CCOC(=O)C1(C(=O)OCC)C[C@H]1N1C(=O)c2ccccc2C1=O. The van der Waals surface area contributed by atoms with Gasteiger partial charge < -0.3 is 9.47 Å². The van der Waals surface area contributed by atoms with E-state index in [1.54, 1.807) is 38.1 Å². The van der Waals surface area contributed by atoms with Gasteiger partial charge in [-0.25, -0.2) is 0 Å². The molecule has 7 nitrogen and oxygen atoms in total. The van der Waals surface area contributed by atoms with E-state index in [4.69, 9.17) is 9.47 Å². The Morgan fingerprint density at radius 2 is 1.50 bits per heavy atom. The average Bonchev–Trinajstić information content (AvgIpc) is 3.26. The van der Waals surface area contributed by atoms with Crippen LogP contribution in [0.5, 0.6) is 0 Å². The number of ether oxygens (including phenoxy) is 2. The van der Waals surface area contributed by atoms with Crippen LogP contribution in [-0.4, -0.2) is 47.9 Å². The molecular formula is C17H17NO6. The molecule has 2 amide bonds. The van der Waals surface area contributed by atoms with Crippen LogP contribution in [0.15, 0.2) is 24.3 Å². The number of fused-ring (bicyclic) bond motifs is 1. The monoisotopic (exact) mass is 331 g/mol. The molecule has 1 fully saturated rings. The zero-order valence-electron chi connectivity index (χ0n) is 13.4. The fourth-order valence-electron chi connectivity index (χ4n) is 3.09. The first kappa shape index (κ1) is 16.2. The fraction of sp³-hybridized carbons (Fsp3) is 0.412. The molecule has 126 valence electrons. The van der Waals surface area contributed by atoms with Crippen molar-refractivity contribution in [3.63, 3.8) is 0 Å². The van der Waals surface area contributed by atoms with E-state index >= 15 is 0 Å². The summed E-state index contributed by atoms with van der Waals surface area (Å²) < 4.78 is 9.97. The summed E-state index contributed by atoms with van der Waals surface area (Å²) in [6, 6.07) is 5.54. The maximum atomic E-state index is 12.5. The molecule has 2 aliphatic rings. The molecule has 0 aromatic heterocycles. The summed E-state index contributed by atoms with van der Waals surface area (Å²) in [5.41, 5.74) is -1.06. The Bertz CT molecular complexity index is 687. The van der Waals surface area contributed by atoms with E-state index < -0.39 is 35.2 Å². The van der Waals surface area contributed by atoms with Crippen LogP contribution in [-0.2, 0) is 19.1 Å². The molecule has 3 rings (SSSR count). The van der Waals surface area contributed by atoms with E-state index in [2.05, 4.69) is 0 Å². The normalized spacial score (nSPS) is 20.6. The highest BCUT2D eigenvalue weighted by Crippen LogP contribution is 2.53. The number of rotatable bonds is 5. The standard InChI is InChI=1S/C17H17NO6/c1-3-23-15(21)17(16(22)24-4-2)9-12(17)18-13(19)10-7-5-6-8-11(10)14(18)20/h5-8,12H,3-4,9H2,1-2H3/t12-/m1/s1. The zero-order chi connectivity index (χ0) is 17.5.